The number of carbonyl (C=O) groups is 1. The van der Waals surface area contributed by atoms with Crippen LogP contribution in [-0.2, 0) is 10.0 Å². The van der Waals surface area contributed by atoms with E-state index >= 15 is 0 Å². The van der Waals surface area contributed by atoms with Crippen LogP contribution in [0.2, 0.25) is 0 Å². The molecule has 5 nitrogen and oxygen atoms in total. The SMILES string of the molecule is Cc1ccc(C(=O)NC(C)c2ccc(F)cc2)cc1N(C)S(C)(=O)=O. The van der Waals surface area contributed by atoms with Crippen LogP contribution >= 0.6 is 0 Å². The molecule has 0 aliphatic heterocycles. The van der Waals surface area contributed by atoms with Crippen molar-refractivity contribution in [3.8, 4) is 0 Å². The third-order valence-corrected chi connectivity index (χ3v) is 5.22. The Morgan fingerprint density at radius 3 is 2.32 bits per heavy atom. The number of carbonyl (C=O) groups excluding carboxylic acids is 1. The van der Waals surface area contributed by atoms with Gasteiger partial charge in [-0.15, -0.1) is 0 Å². The van der Waals surface area contributed by atoms with E-state index in [0.717, 1.165) is 21.7 Å². The molecular weight excluding hydrogens is 343 g/mol. The molecule has 0 spiro atoms. The summed E-state index contributed by atoms with van der Waals surface area (Å²) in [4.78, 5) is 12.5. The van der Waals surface area contributed by atoms with Gasteiger partial charge in [-0.05, 0) is 49.2 Å². The normalized spacial score (nSPS) is 12.5. The smallest absolute Gasteiger partial charge is 0.251 e. The zero-order chi connectivity index (χ0) is 18.8. The molecule has 1 N–H and O–H groups in total. The molecule has 1 amide bonds. The first-order chi connectivity index (χ1) is 11.6. The first-order valence-corrected chi connectivity index (χ1v) is 9.55. The van der Waals surface area contributed by atoms with Crippen LogP contribution in [0.25, 0.3) is 0 Å². The molecule has 0 heterocycles. The summed E-state index contributed by atoms with van der Waals surface area (Å²) in [7, 11) is -1.98. The van der Waals surface area contributed by atoms with E-state index in [0.29, 0.717) is 11.3 Å². The Balaban J connectivity index is 2.23. The van der Waals surface area contributed by atoms with Gasteiger partial charge >= 0.3 is 0 Å². The fourth-order valence-corrected chi connectivity index (χ4v) is 2.94. The number of halogens is 1. The number of amides is 1. The molecule has 7 heteroatoms. The maximum Gasteiger partial charge on any atom is 0.251 e. The third kappa shape index (κ3) is 4.57. The van der Waals surface area contributed by atoms with Crippen molar-refractivity contribution in [1.82, 2.24) is 5.32 Å². The molecule has 0 aromatic heterocycles. The van der Waals surface area contributed by atoms with Crippen LogP contribution in [0.1, 0.15) is 34.5 Å². The van der Waals surface area contributed by atoms with Crippen LogP contribution in [-0.4, -0.2) is 27.6 Å². The van der Waals surface area contributed by atoms with Crippen LogP contribution in [0.15, 0.2) is 42.5 Å². The van der Waals surface area contributed by atoms with E-state index in [-0.39, 0.29) is 17.8 Å². The monoisotopic (exact) mass is 364 g/mol. The van der Waals surface area contributed by atoms with Crippen molar-refractivity contribution in [1.29, 1.82) is 0 Å². The first-order valence-electron chi connectivity index (χ1n) is 7.70. The van der Waals surface area contributed by atoms with Gasteiger partial charge in [0.05, 0.1) is 18.0 Å². The summed E-state index contributed by atoms with van der Waals surface area (Å²) in [5, 5.41) is 2.83. The molecule has 0 aliphatic rings. The average molecular weight is 364 g/mol. The molecule has 2 rings (SSSR count). The van der Waals surface area contributed by atoms with Gasteiger partial charge in [0.1, 0.15) is 5.82 Å². The molecule has 0 saturated heterocycles. The van der Waals surface area contributed by atoms with Crippen LogP contribution in [0.4, 0.5) is 10.1 Å². The molecule has 0 radical (unpaired) electrons. The molecule has 0 fully saturated rings. The lowest BCUT2D eigenvalue weighted by molar-refractivity contribution is 0.0940. The minimum Gasteiger partial charge on any atom is -0.346 e. The molecule has 1 atom stereocenters. The third-order valence-electron chi connectivity index (χ3n) is 4.03. The van der Waals surface area contributed by atoms with E-state index < -0.39 is 10.0 Å². The fourth-order valence-electron chi connectivity index (χ4n) is 2.38. The van der Waals surface area contributed by atoms with Crippen LogP contribution in [0.3, 0.4) is 0 Å². The Morgan fingerprint density at radius 2 is 1.76 bits per heavy atom. The Morgan fingerprint density at radius 1 is 1.16 bits per heavy atom. The Labute approximate surface area is 147 Å². The number of sulfonamides is 1. The lowest BCUT2D eigenvalue weighted by Crippen LogP contribution is -2.28. The number of hydrogen-bond donors (Lipinski definition) is 1. The molecule has 2 aromatic carbocycles. The molecule has 134 valence electrons. The maximum absolute atomic E-state index is 13.0. The van der Waals surface area contributed by atoms with Gasteiger partial charge in [0, 0.05) is 12.6 Å². The summed E-state index contributed by atoms with van der Waals surface area (Å²) >= 11 is 0. The number of benzene rings is 2. The van der Waals surface area contributed by atoms with Gasteiger partial charge < -0.3 is 5.32 Å². The standard InChI is InChI=1S/C18H21FN2O3S/c1-12-5-6-15(11-17(12)21(3)25(4,23)24)18(22)20-13(2)14-7-9-16(19)10-8-14/h5-11,13H,1-4H3,(H,20,22). The summed E-state index contributed by atoms with van der Waals surface area (Å²) < 4.78 is 37.6. The summed E-state index contributed by atoms with van der Waals surface area (Å²) in [6, 6.07) is 10.5. The summed E-state index contributed by atoms with van der Waals surface area (Å²) in [5.41, 5.74) is 2.32. The van der Waals surface area contributed by atoms with Crippen molar-refractivity contribution in [2.75, 3.05) is 17.6 Å². The summed E-state index contributed by atoms with van der Waals surface area (Å²) in [6.45, 7) is 3.57. The number of aryl methyl sites for hydroxylation is 1. The molecule has 1 unspecified atom stereocenters. The number of anilines is 1. The number of rotatable bonds is 5. The van der Waals surface area contributed by atoms with Gasteiger partial charge in [-0.2, -0.15) is 0 Å². The molecule has 25 heavy (non-hydrogen) atoms. The zero-order valence-electron chi connectivity index (χ0n) is 14.6. The zero-order valence-corrected chi connectivity index (χ0v) is 15.4. The maximum atomic E-state index is 13.0. The Kier molecular flexibility index (Phi) is 5.47. The van der Waals surface area contributed by atoms with Crippen molar-refractivity contribution >= 4 is 21.6 Å². The topological polar surface area (TPSA) is 66.5 Å². The largest absolute Gasteiger partial charge is 0.346 e. The predicted octanol–water partition coefficient (Wildman–Crippen LogP) is 3.02. The number of nitrogens with one attached hydrogen (secondary N) is 1. The number of hydrogen-bond acceptors (Lipinski definition) is 3. The molecular formula is C18H21FN2O3S. The predicted molar refractivity (Wildman–Crippen MR) is 96.7 cm³/mol. The number of nitrogens with zero attached hydrogens (tertiary/aromatic N) is 1. The highest BCUT2D eigenvalue weighted by Gasteiger charge is 2.18. The van der Waals surface area contributed by atoms with Gasteiger partial charge in [0.2, 0.25) is 10.0 Å². The highest BCUT2D eigenvalue weighted by Crippen LogP contribution is 2.23. The first kappa shape index (κ1) is 18.9. The average Bonchev–Trinajstić information content (AvgIpc) is 2.54. The van der Waals surface area contributed by atoms with Crippen molar-refractivity contribution in [3.05, 3.63) is 65.0 Å². The van der Waals surface area contributed by atoms with Crippen molar-refractivity contribution < 1.29 is 17.6 Å². The fraction of sp³-hybridized carbons (Fsp3) is 0.278. The molecule has 2 aromatic rings. The van der Waals surface area contributed by atoms with Gasteiger partial charge in [-0.3, -0.25) is 9.10 Å². The second-order valence-electron chi connectivity index (χ2n) is 5.98. The molecule has 0 saturated carbocycles. The van der Waals surface area contributed by atoms with Gasteiger partial charge in [0.15, 0.2) is 0 Å². The van der Waals surface area contributed by atoms with Crippen LogP contribution in [0.5, 0.6) is 0 Å². The van der Waals surface area contributed by atoms with E-state index in [4.69, 9.17) is 0 Å². The van der Waals surface area contributed by atoms with E-state index in [1.54, 1.807) is 44.2 Å². The highest BCUT2D eigenvalue weighted by molar-refractivity contribution is 7.92. The van der Waals surface area contributed by atoms with Crippen LogP contribution in [0, 0.1) is 12.7 Å². The molecule has 0 bridgehead atoms. The lowest BCUT2D eigenvalue weighted by atomic mass is 10.1. The Hall–Kier alpha value is -2.41. The molecule has 0 aliphatic carbocycles. The van der Waals surface area contributed by atoms with Crippen molar-refractivity contribution in [2.45, 2.75) is 19.9 Å². The van der Waals surface area contributed by atoms with E-state index in [1.165, 1.54) is 19.2 Å². The van der Waals surface area contributed by atoms with Crippen molar-refractivity contribution in [2.24, 2.45) is 0 Å². The van der Waals surface area contributed by atoms with Gasteiger partial charge in [0.25, 0.3) is 5.91 Å². The van der Waals surface area contributed by atoms with E-state index in [1.807, 2.05) is 0 Å². The van der Waals surface area contributed by atoms with Gasteiger partial charge in [-0.25, -0.2) is 12.8 Å². The van der Waals surface area contributed by atoms with E-state index in [2.05, 4.69) is 5.32 Å². The minimum atomic E-state index is -3.42. The summed E-state index contributed by atoms with van der Waals surface area (Å²) in [5.74, 6) is -0.672. The lowest BCUT2D eigenvalue weighted by Gasteiger charge is -2.20. The second-order valence-corrected chi connectivity index (χ2v) is 7.99. The second kappa shape index (κ2) is 7.23. The van der Waals surface area contributed by atoms with Crippen molar-refractivity contribution in [3.63, 3.8) is 0 Å². The van der Waals surface area contributed by atoms with Crippen LogP contribution < -0.4 is 9.62 Å². The van der Waals surface area contributed by atoms with E-state index in [9.17, 15) is 17.6 Å². The van der Waals surface area contributed by atoms with Gasteiger partial charge in [-0.1, -0.05) is 18.2 Å². The Bertz CT molecular complexity index is 880. The quantitative estimate of drug-likeness (QED) is 0.887. The highest BCUT2D eigenvalue weighted by atomic mass is 32.2. The summed E-state index contributed by atoms with van der Waals surface area (Å²) in [6.07, 6.45) is 1.11. The minimum absolute atomic E-state index is 0.314.